The van der Waals surface area contributed by atoms with Crippen LogP contribution in [-0.4, -0.2) is 38.6 Å². The smallest absolute Gasteiger partial charge is 0.322 e. The van der Waals surface area contributed by atoms with Crippen LogP contribution in [0.2, 0.25) is 0 Å². The third kappa shape index (κ3) is 3.06. The van der Waals surface area contributed by atoms with Gasteiger partial charge in [-0.3, -0.25) is 14.6 Å². The SMILES string of the molecule is O=C(O)CNC(=O)c1c(O)ccc2nc(-c3csc4ccccc34)cnc12. The van der Waals surface area contributed by atoms with Gasteiger partial charge in [-0.25, -0.2) is 4.98 Å². The average molecular weight is 379 g/mol. The number of carboxylic acid groups (broad SMARTS) is 1. The van der Waals surface area contributed by atoms with E-state index in [1.165, 1.54) is 6.07 Å². The number of carbonyl (C=O) groups excluding carboxylic acids is 1. The molecule has 8 heteroatoms. The summed E-state index contributed by atoms with van der Waals surface area (Å²) in [6.07, 6.45) is 1.55. The number of aliphatic carboxylic acids is 1. The number of aromatic hydroxyl groups is 1. The van der Waals surface area contributed by atoms with Gasteiger partial charge in [0.05, 0.1) is 17.4 Å². The Morgan fingerprint density at radius 2 is 1.96 bits per heavy atom. The maximum atomic E-state index is 12.3. The van der Waals surface area contributed by atoms with Gasteiger partial charge in [0.1, 0.15) is 23.4 Å². The zero-order chi connectivity index (χ0) is 19.0. The molecule has 0 radical (unpaired) electrons. The molecule has 134 valence electrons. The molecule has 1 amide bonds. The zero-order valence-electron chi connectivity index (χ0n) is 13.8. The van der Waals surface area contributed by atoms with Crippen LogP contribution >= 0.6 is 11.3 Å². The molecule has 2 aromatic carbocycles. The van der Waals surface area contributed by atoms with Crippen LogP contribution in [0.25, 0.3) is 32.4 Å². The minimum absolute atomic E-state index is 0.0945. The number of phenolic OH excluding ortho intramolecular Hbond substituents is 1. The molecule has 0 saturated heterocycles. The molecule has 0 unspecified atom stereocenters. The fraction of sp³-hybridized carbons (Fsp3) is 0.0526. The molecule has 2 aromatic heterocycles. The van der Waals surface area contributed by atoms with Gasteiger partial charge in [-0.15, -0.1) is 11.3 Å². The second-order valence-electron chi connectivity index (χ2n) is 5.80. The number of benzene rings is 2. The largest absolute Gasteiger partial charge is 0.507 e. The van der Waals surface area contributed by atoms with Gasteiger partial charge < -0.3 is 15.5 Å². The van der Waals surface area contributed by atoms with Crippen LogP contribution in [0.3, 0.4) is 0 Å². The summed E-state index contributed by atoms with van der Waals surface area (Å²) in [4.78, 5) is 31.8. The van der Waals surface area contributed by atoms with E-state index in [4.69, 9.17) is 5.11 Å². The van der Waals surface area contributed by atoms with E-state index < -0.39 is 18.4 Å². The van der Waals surface area contributed by atoms with Crippen molar-refractivity contribution >= 4 is 44.3 Å². The zero-order valence-corrected chi connectivity index (χ0v) is 14.7. The van der Waals surface area contributed by atoms with E-state index in [1.807, 2.05) is 29.6 Å². The first-order valence-electron chi connectivity index (χ1n) is 8.00. The third-order valence-electron chi connectivity index (χ3n) is 4.08. The summed E-state index contributed by atoms with van der Waals surface area (Å²) in [5.74, 6) is -2.18. The normalized spacial score (nSPS) is 11.0. The molecule has 4 aromatic rings. The fourth-order valence-corrected chi connectivity index (χ4v) is 3.80. The monoisotopic (exact) mass is 379 g/mol. The Labute approximate surface area is 156 Å². The van der Waals surface area contributed by atoms with E-state index in [1.54, 1.807) is 23.6 Å². The summed E-state index contributed by atoms with van der Waals surface area (Å²) in [6.45, 7) is -0.554. The molecular weight excluding hydrogens is 366 g/mol. The van der Waals surface area contributed by atoms with E-state index in [-0.39, 0.29) is 16.8 Å². The fourth-order valence-electron chi connectivity index (χ4n) is 2.85. The van der Waals surface area contributed by atoms with Gasteiger partial charge in [-0.05, 0) is 18.2 Å². The Bertz CT molecular complexity index is 1200. The van der Waals surface area contributed by atoms with Crippen molar-refractivity contribution in [3.63, 3.8) is 0 Å². The highest BCUT2D eigenvalue weighted by atomic mass is 32.1. The Morgan fingerprint density at radius 1 is 1.15 bits per heavy atom. The van der Waals surface area contributed by atoms with Gasteiger partial charge in [0.25, 0.3) is 5.91 Å². The molecule has 0 atom stereocenters. The van der Waals surface area contributed by atoms with Crippen molar-refractivity contribution in [1.29, 1.82) is 0 Å². The topological polar surface area (TPSA) is 112 Å². The molecule has 0 aliphatic carbocycles. The van der Waals surface area contributed by atoms with Crippen molar-refractivity contribution in [2.75, 3.05) is 6.54 Å². The van der Waals surface area contributed by atoms with Crippen LogP contribution < -0.4 is 5.32 Å². The highest BCUT2D eigenvalue weighted by molar-refractivity contribution is 7.17. The maximum Gasteiger partial charge on any atom is 0.322 e. The number of rotatable bonds is 4. The number of nitrogens with one attached hydrogen (secondary N) is 1. The number of aromatic nitrogens is 2. The Kier molecular flexibility index (Phi) is 4.17. The number of amides is 1. The standard InChI is InChI=1S/C19H13N3O4S/c23-14-6-5-12-18(17(14)19(26)21-8-16(24)25)20-7-13(22-12)11-9-27-15-4-2-1-3-10(11)15/h1-7,9,23H,8H2,(H,21,26)(H,24,25). The van der Waals surface area contributed by atoms with Crippen LogP contribution in [0.4, 0.5) is 0 Å². The number of carbonyl (C=O) groups is 2. The van der Waals surface area contributed by atoms with Gasteiger partial charge in [0, 0.05) is 21.0 Å². The summed E-state index contributed by atoms with van der Waals surface area (Å²) in [5.41, 5.74) is 2.14. The minimum Gasteiger partial charge on any atom is -0.507 e. The number of hydrogen-bond donors (Lipinski definition) is 3. The molecule has 4 rings (SSSR count). The molecular formula is C19H13N3O4S. The number of fused-ring (bicyclic) bond motifs is 2. The summed E-state index contributed by atoms with van der Waals surface area (Å²) in [6, 6.07) is 10.9. The summed E-state index contributed by atoms with van der Waals surface area (Å²) in [7, 11) is 0. The molecule has 0 aliphatic rings. The highest BCUT2D eigenvalue weighted by Gasteiger charge is 2.19. The molecule has 0 fully saturated rings. The van der Waals surface area contributed by atoms with E-state index in [0.717, 1.165) is 15.6 Å². The lowest BCUT2D eigenvalue weighted by molar-refractivity contribution is -0.135. The lowest BCUT2D eigenvalue weighted by Crippen LogP contribution is -2.29. The number of hydrogen-bond acceptors (Lipinski definition) is 6. The van der Waals surface area contributed by atoms with E-state index >= 15 is 0 Å². The summed E-state index contributed by atoms with van der Waals surface area (Å²) in [5, 5.41) is 24.1. The first-order valence-corrected chi connectivity index (χ1v) is 8.88. The minimum atomic E-state index is -1.18. The average Bonchev–Trinajstić information content (AvgIpc) is 3.10. The van der Waals surface area contributed by atoms with Crippen molar-refractivity contribution in [3.05, 3.63) is 53.5 Å². The predicted molar refractivity (Wildman–Crippen MR) is 102 cm³/mol. The lowest BCUT2D eigenvalue weighted by atomic mass is 10.1. The van der Waals surface area contributed by atoms with Crippen LogP contribution in [0.5, 0.6) is 5.75 Å². The highest BCUT2D eigenvalue weighted by Crippen LogP contribution is 2.34. The lowest BCUT2D eigenvalue weighted by Gasteiger charge is -2.09. The van der Waals surface area contributed by atoms with Gasteiger partial charge >= 0.3 is 5.97 Å². The summed E-state index contributed by atoms with van der Waals surface area (Å²) >= 11 is 1.61. The van der Waals surface area contributed by atoms with Gasteiger partial charge in [-0.1, -0.05) is 18.2 Å². The van der Waals surface area contributed by atoms with Crippen molar-refractivity contribution in [2.24, 2.45) is 0 Å². The Morgan fingerprint density at radius 3 is 2.78 bits per heavy atom. The van der Waals surface area contributed by atoms with Gasteiger partial charge in [0.15, 0.2) is 0 Å². The van der Waals surface area contributed by atoms with Crippen LogP contribution in [0.15, 0.2) is 48.0 Å². The first kappa shape index (κ1) is 16.9. The third-order valence-corrected chi connectivity index (χ3v) is 5.04. The number of nitrogens with zero attached hydrogens (tertiary/aromatic N) is 2. The Hall–Kier alpha value is -3.52. The van der Waals surface area contributed by atoms with E-state index in [9.17, 15) is 14.7 Å². The first-order chi connectivity index (χ1) is 13.0. The predicted octanol–water partition coefficient (Wildman–Crippen LogP) is 3.03. The van der Waals surface area contributed by atoms with Crippen molar-refractivity contribution in [3.8, 4) is 17.0 Å². The number of thiophene rings is 1. The second kappa shape index (κ2) is 6.65. The quantitative estimate of drug-likeness (QED) is 0.502. The second-order valence-corrected chi connectivity index (χ2v) is 6.72. The molecule has 0 spiro atoms. The van der Waals surface area contributed by atoms with Gasteiger partial charge in [-0.2, -0.15) is 0 Å². The van der Waals surface area contributed by atoms with Crippen molar-refractivity contribution in [1.82, 2.24) is 15.3 Å². The molecule has 0 aliphatic heterocycles. The van der Waals surface area contributed by atoms with Crippen molar-refractivity contribution in [2.45, 2.75) is 0 Å². The molecule has 0 saturated carbocycles. The molecule has 7 nitrogen and oxygen atoms in total. The molecule has 2 heterocycles. The van der Waals surface area contributed by atoms with E-state index in [0.29, 0.717) is 11.2 Å². The number of carboxylic acids is 1. The van der Waals surface area contributed by atoms with Gasteiger partial charge in [0.2, 0.25) is 0 Å². The molecule has 0 bridgehead atoms. The van der Waals surface area contributed by atoms with E-state index in [2.05, 4.69) is 15.3 Å². The molecule has 27 heavy (non-hydrogen) atoms. The van der Waals surface area contributed by atoms with Crippen LogP contribution in [-0.2, 0) is 4.79 Å². The number of phenols is 1. The van der Waals surface area contributed by atoms with Crippen LogP contribution in [0, 0.1) is 0 Å². The Balaban J connectivity index is 1.81. The summed E-state index contributed by atoms with van der Waals surface area (Å²) < 4.78 is 1.13. The van der Waals surface area contributed by atoms with Crippen molar-refractivity contribution < 1.29 is 19.8 Å². The van der Waals surface area contributed by atoms with Crippen LogP contribution in [0.1, 0.15) is 10.4 Å². The maximum absolute atomic E-state index is 12.3. The molecule has 3 N–H and O–H groups in total.